The minimum absolute atomic E-state index is 0.0863. The van der Waals surface area contributed by atoms with Crippen molar-refractivity contribution < 1.29 is 19.1 Å². The van der Waals surface area contributed by atoms with Gasteiger partial charge in [-0.1, -0.05) is 0 Å². The van der Waals surface area contributed by atoms with Crippen LogP contribution in [0.1, 0.15) is 36.0 Å². The first-order chi connectivity index (χ1) is 12.1. The van der Waals surface area contributed by atoms with Crippen molar-refractivity contribution in [2.24, 2.45) is 7.05 Å². The predicted molar refractivity (Wildman–Crippen MR) is 90.9 cm³/mol. The lowest BCUT2D eigenvalue weighted by molar-refractivity contribution is -0.141. The lowest BCUT2D eigenvalue weighted by atomic mass is 10.0. The number of ether oxygens (including phenoxy) is 1. The number of aryl methyl sites for hydroxylation is 2. The zero-order valence-corrected chi connectivity index (χ0v) is 14.7. The Labute approximate surface area is 147 Å². The standard InChI is InChI=1S/C18H25N3O4/c1-13-14(11-19-20(13)2)5-6-18(23)21-7-9-24-12-15(21)10-16(22)17-4-3-8-25-17/h3-4,8,11,15-16,22H,5-7,9-10,12H2,1-2H3. The Morgan fingerprint density at radius 3 is 3.04 bits per heavy atom. The van der Waals surface area contributed by atoms with Crippen LogP contribution in [0, 0.1) is 6.92 Å². The van der Waals surface area contributed by atoms with Crippen molar-refractivity contribution in [3.05, 3.63) is 41.6 Å². The lowest BCUT2D eigenvalue weighted by Crippen LogP contribution is -2.49. The number of nitrogens with zero attached hydrogens (tertiary/aromatic N) is 3. The van der Waals surface area contributed by atoms with E-state index in [1.54, 1.807) is 12.1 Å². The second-order valence-corrected chi connectivity index (χ2v) is 6.46. The minimum atomic E-state index is -0.738. The molecule has 1 N–H and O–H groups in total. The molecule has 0 radical (unpaired) electrons. The number of aliphatic hydroxyl groups excluding tert-OH is 1. The normalized spacial score (nSPS) is 19.2. The fourth-order valence-corrected chi connectivity index (χ4v) is 3.21. The van der Waals surface area contributed by atoms with Crippen molar-refractivity contribution in [2.75, 3.05) is 19.8 Å². The van der Waals surface area contributed by atoms with Crippen molar-refractivity contribution in [1.29, 1.82) is 0 Å². The molecule has 0 spiro atoms. The SMILES string of the molecule is Cc1c(CCC(=O)N2CCOCC2CC(O)c2ccco2)cnn1C. The Morgan fingerprint density at radius 1 is 1.52 bits per heavy atom. The van der Waals surface area contributed by atoms with E-state index in [2.05, 4.69) is 5.10 Å². The number of hydrogen-bond donors (Lipinski definition) is 1. The molecular weight excluding hydrogens is 322 g/mol. The van der Waals surface area contributed by atoms with Crippen LogP contribution in [-0.4, -0.2) is 51.5 Å². The molecule has 0 bridgehead atoms. The third-order valence-electron chi connectivity index (χ3n) is 4.86. The van der Waals surface area contributed by atoms with Crippen molar-refractivity contribution in [3.63, 3.8) is 0 Å². The molecule has 136 valence electrons. The number of rotatable bonds is 6. The number of aromatic nitrogens is 2. The van der Waals surface area contributed by atoms with Gasteiger partial charge in [0, 0.05) is 32.1 Å². The molecule has 2 aromatic rings. The topological polar surface area (TPSA) is 80.7 Å². The Morgan fingerprint density at radius 2 is 2.36 bits per heavy atom. The number of morpholine rings is 1. The molecule has 0 aromatic carbocycles. The predicted octanol–water partition coefficient (Wildman–Crippen LogP) is 1.61. The van der Waals surface area contributed by atoms with Gasteiger partial charge in [-0.05, 0) is 31.0 Å². The number of hydrogen-bond acceptors (Lipinski definition) is 5. The quantitative estimate of drug-likeness (QED) is 0.858. The van der Waals surface area contributed by atoms with Crippen LogP contribution >= 0.6 is 0 Å². The molecule has 1 amide bonds. The van der Waals surface area contributed by atoms with Crippen LogP contribution in [0.2, 0.25) is 0 Å². The molecule has 1 aliphatic heterocycles. The van der Waals surface area contributed by atoms with Gasteiger partial charge in [-0.2, -0.15) is 5.10 Å². The number of furan rings is 1. The summed E-state index contributed by atoms with van der Waals surface area (Å²) >= 11 is 0. The third-order valence-corrected chi connectivity index (χ3v) is 4.86. The summed E-state index contributed by atoms with van der Waals surface area (Å²) < 4.78 is 12.6. The van der Waals surface area contributed by atoms with Crippen LogP contribution < -0.4 is 0 Å². The largest absolute Gasteiger partial charge is 0.467 e. The highest BCUT2D eigenvalue weighted by Crippen LogP contribution is 2.23. The number of aliphatic hydroxyl groups is 1. The molecule has 3 heterocycles. The molecule has 25 heavy (non-hydrogen) atoms. The van der Waals surface area contributed by atoms with Crippen molar-refractivity contribution in [2.45, 2.75) is 38.3 Å². The minimum Gasteiger partial charge on any atom is -0.467 e. The molecule has 0 saturated carbocycles. The van der Waals surface area contributed by atoms with E-state index >= 15 is 0 Å². The maximum absolute atomic E-state index is 12.7. The van der Waals surface area contributed by atoms with Crippen LogP contribution in [0.15, 0.2) is 29.0 Å². The molecule has 2 aromatic heterocycles. The molecule has 1 aliphatic rings. The van der Waals surface area contributed by atoms with E-state index in [0.29, 0.717) is 44.8 Å². The molecule has 3 rings (SSSR count). The Balaban J connectivity index is 1.59. The van der Waals surface area contributed by atoms with Gasteiger partial charge in [0.2, 0.25) is 5.91 Å². The lowest BCUT2D eigenvalue weighted by Gasteiger charge is -2.36. The first-order valence-electron chi connectivity index (χ1n) is 8.62. The number of carbonyl (C=O) groups excluding carboxylic acids is 1. The van der Waals surface area contributed by atoms with Gasteiger partial charge in [0.05, 0.1) is 31.7 Å². The first kappa shape index (κ1) is 17.7. The van der Waals surface area contributed by atoms with Gasteiger partial charge in [0.1, 0.15) is 11.9 Å². The van der Waals surface area contributed by atoms with Crippen molar-refractivity contribution >= 4 is 5.91 Å². The van der Waals surface area contributed by atoms with Crippen molar-refractivity contribution in [3.8, 4) is 0 Å². The average molecular weight is 347 g/mol. The first-order valence-corrected chi connectivity index (χ1v) is 8.62. The second kappa shape index (κ2) is 7.84. The van der Waals surface area contributed by atoms with E-state index in [-0.39, 0.29) is 11.9 Å². The maximum atomic E-state index is 12.7. The molecule has 0 aliphatic carbocycles. The molecular formula is C18H25N3O4. The molecule has 1 saturated heterocycles. The van der Waals surface area contributed by atoms with Crippen LogP contribution in [0.5, 0.6) is 0 Å². The van der Waals surface area contributed by atoms with Gasteiger partial charge >= 0.3 is 0 Å². The summed E-state index contributed by atoms with van der Waals surface area (Å²) in [5.41, 5.74) is 2.18. The van der Waals surface area contributed by atoms with E-state index < -0.39 is 6.10 Å². The molecule has 7 nitrogen and oxygen atoms in total. The summed E-state index contributed by atoms with van der Waals surface area (Å²) in [5.74, 6) is 0.604. The number of amides is 1. The Kier molecular flexibility index (Phi) is 5.55. The summed E-state index contributed by atoms with van der Waals surface area (Å²) in [6.07, 6.45) is 4.13. The fourth-order valence-electron chi connectivity index (χ4n) is 3.21. The van der Waals surface area contributed by atoms with E-state index in [9.17, 15) is 9.90 Å². The van der Waals surface area contributed by atoms with Gasteiger partial charge in [-0.25, -0.2) is 0 Å². The van der Waals surface area contributed by atoms with Crippen LogP contribution in [0.25, 0.3) is 0 Å². The second-order valence-electron chi connectivity index (χ2n) is 6.46. The molecule has 2 unspecified atom stereocenters. The molecule has 7 heteroatoms. The monoisotopic (exact) mass is 347 g/mol. The van der Waals surface area contributed by atoms with Crippen molar-refractivity contribution in [1.82, 2.24) is 14.7 Å². The zero-order valence-electron chi connectivity index (χ0n) is 14.7. The maximum Gasteiger partial charge on any atom is 0.223 e. The highest BCUT2D eigenvalue weighted by Gasteiger charge is 2.30. The van der Waals surface area contributed by atoms with E-state index in [1.807, 2.05) is 29.7 Å². The zero-order chi connectivity index (χ0) is 17.8. The van der Waals surface area contributed by atoms with Crippen LogP contribution in [-0.2, 0) is 23.0 Å². The van der Waals surface area contributed by atoms with Gasteiger partial charge < -0.3 is 19.2 Å². The third kappa shape index (κ3) is 4.11. The highest BCUT2D eigenvalue weighted by atomic mass is 16.5. The fraction of sp³-hybridized carbons (Fsp3) is 0.556. The van der Waals surface area contributed by atoms with Gasteiger partial charge in [0.15, 0.2) is 0 Å². The summed E-state index contributed by atoms with van der Waals surface area (Å²) in [5, 5.41) is 14.5. The van der Waals surface area contributed by atoms with E-state index in [4.69, 9.17) is 9.15 Å². The summed E-state index contributed by atoms with van der Waals surface area (Å²) in [6, 6.07) is 3.34. The molecule has 2 atom stereocenters. The summed E-state index contributed by atoms with van der Waals surface area (Å²) in [6.45, 7) is 3.53. The number of carbonyl (C=O) groups is 1. The molecule has 1 fully saturated rings. The van der Waals surface area contributed by atoms with E-state index in [1.165, 1.54) is 6.26 Å². The van der Waals surface area contributed by atoms with Gasteiger partial charge in [0.25, 0.3) is 0 Å². The Bertz CT molecular complexity index is 695. The summed E-state index contributed by atoms with van der Waals surface area (Å²) in [7, 11) is 1.90. The van der Waals surface area contributed by atoms with Gasteiger partial charge in [-0.3, -0.25) is 9.48 Å². The highest BCUT2D eigenvalue weighted by molar-refractivity contribution is 5.77. The van der Waals surface area contributed by atoms with Crippen LogP contribution in [0.4, 0.5) is 0 Å². The van der Waals surface area contributed by atoms with Crippen LogP contribution in [0.3, 0.4) is 0 Å². The van der Waals surface area contributed by atoms with Gasteiger partial charge in [-0.15, -0.1) is 0 Å². The smallest absolute Gasteiger partial charge is 0.223 e. The summed E-state index contributed by atoms with van der Waals surface area (Å²) in [4.78, 5) is 14.5. The average Bonchev–Trinajstić information content (AvgIpc) is 3.25. The van der Waals surface area contributed by atoms with E-state index in [0.717, 1.165) is 11.3 Å². The Hall–Kier alpha value is -2.12.